The highest BCUT2D eigenvalue weighted by Crippen LogP contribution is 2.60. The number of amides is 1. The number of allylic oxidation sites excluding steroid dienone is 1. The molecule has 0 bridgehead atoms. The minimum absolute atomic E-state index is 0.0153. The average molecular weight is 430 g/mol. The van der Waals surface area contributed by atoms with Gasteiger partial charge in [0.05, 0.1) is 17.4 Å². The Kier molecular flexibility index (Phi) is 5.68. The number of rotatable bonds is 5. The molecule has 3 unspecified atom stereocenters. The van der Waals surface area contributed by atoms with E-state index in [0.717, 1.165) is 11.1 Å². The molecule has 1 saturated heterocycles. The number of halogens is 2. The molecule has 7 heteroatoms. The van der Waals surface area contributed by atoms with Crippen LogP contribution in [0.15, 0.2) is 34.8 Å². The third kappa shape index (κ3) is 4.52. The molecule has 1 aromatic rings. The van der Waals surface area contributed by atoms with Crippen LogP contribution in [0.5, 0.6) is 0 Å². The zero-order chi connectivity index (χ0) is 20.0. The molecule has 1 amide bonds. The first kappa shape index (κ1) is 20.7. The van der Waals surface area contributed by atoms with Crippen LogP contribution in [0.2, 0.25) is 0 Å². The second-order valence-electron chi connectivity index (χ2n) is 8.29. The van der Waals surface area contributed by atoms with E-state index in [0.29, 0.717) is 13.0 Å². The van der Waals surface area contributed by atoms with Crippen molar-refractivity contribution in [3.63, 3.8) is 0 Å². The summed E-state index contributed by atoms with van der Waals surface area (Å²) < 4.78 is 24.2. The van der Waals surface area contributed by atoms with E-state index in [-0.39, 0.29) is 45.2 Å². The molecule has 1 aliphatic heterocycles. The van der Waals surface area contributed by atoms with Crippen molar-refractivity contribution in [3.05, 3.63) is 46.0 Å². The van der Waals surface area contributed by atoms with E-state index in [2.05, 4.69) is 0 Å². The van der Waals surface area contributed by atoms with Crippen molar-refractivity contribution in [1.82, 2.24) is 4.90 Å². The third-order valence-electron chi connectivity index (χ3n) is 5.89. The van der Waals surface area contributed by atoms with Crippen molar-refractivity contribution in [1.29, 1.82) is 0 Å². The Morgan fingerprint density at radius 2 is 1.89 bits per heavy atom. The Morgan fingerprint density at radius 3 is 2.41 bits per heavy atom. The van der Waals surface area contributed by atoms with Gasteiger partial charge in [0.25, 0.3) is 0 Å². The van der Waals surface area contributed by atoms with E-state index in [1.807, 2.05) is 45.0 Å². The van der Waals surface area contributed by atoms with Gasteiger partial charge in [0, 0.05) is 12.6 Å². The molecular formula is C20H25Cl2NO3S. The van der Waals surface area contributed by atoms with Crippen LogP contribution in [0.1, 0.15) is 31.4 Å². The molecule has 2 aliphatic rings. The molecule has 2 fully saturated rings. The van der Waals surface area contributed by atoms with Crippen molar-refractivity contribution in [3.8, 4) is 0 Å². The Labute approximate surface area is 171 Å². The van der Waals surface area contributed by atoms with Gasteiger partial charge in [0.2, 0.25) is 5.91 Å². The molecule has 0 radical (unpaired) electrons. The van der Waals surface area contributed by atoms with Crippen molar-refractivity contribution in [2.75, 3.05) is 11.5 Å². The number of sulfone groups is 1. The summed E-state index contributed by atoms with van der Waals surface area (Å²) in [6.07, 6.45) is 2.21. The number of hydrogen-bond acceptors (Lipinski definition) is 3. The standard InChI is InChI=1S/C20H25Cl2NO3S/c1-13-4-6-14(7-5-13)11-23(15-8-9-27(25,26)12-15)19(24)18-16(10-17(21)22)20(18,2)3/h4-7,10,15-16,18H,8-9,11-12H2,1-3H3. The van der Waals surface area contributed by atoms with E-state index in [9.17, 15) is 13.2 Å². The van der Waals surface area contributed by atoms with Crippen LogP contribution in [0.3, 0.4) is 0 Å². The van der Waals surface area contributed by atoms with Crippen LogP contribution in [0.25, 0.3) is 0 Å². The normalized spacial score (nSPS) is 27.8. The predicted octanol–water partition coefficient (Wildman–Crippen LogP) is 4.10. The SMILES string of the molecule is Cc1ccc(CN(C(=O)C2C(C=C(Cl)Cl)C2(C)C)C2CCS(=O)(=O)C2)cc1. The van der Waals surface area contributed by atoms with Gasteiger partial charge in [-0.05, 0) is 36.3 Å². The number of hydrogen-bond donors (Lipinski definition) is 0. The van der Waals surface area contributed by atoms with Gasteiger partial charge < -0.3 is 4.90 Å². The van der Waals surface area contributed by atoms with E-state index < -0.39 is 9.84 Å². The van der Waals surface area contributed by atoms with Gasteiger partial charge in [-0.25, -0.2) is 8.42 Å². The Bertz CT molecular complexity index is 858. The fraction of sp³-hybridized carbons (Fsp3) is 0.550. The fourth-order valence-electron chi connectivity index (χ4n) is 4.07. The maximum Gasteiger partial charge on any atom is 0.227 e. The smallest absolute Gasteiger partial charge is 0.227 e. The topological polar surface area (TPSA) is 54.5 Å². The van der Waals surface area contributed by atoms with Gasteiger partial charge in [-0.15, -0.1) is 0 Å². The quantitative estimate of drug-likeness (QED) is 0.707. The lowest BCUT2D eigenvalue weighted by Gasteiger charge is -2.29. The van der Waals surface area contributed by atoms with Gasteiger partial charge in [-0.2, -0.15) is 0 Å². The molecule has 0 aromatic heterocycles. The molecule has 27 heavy (non-hydrogen) atoms. The Morgan fingerprint density at radius 1 is 1.26 bits per heavy atom. The molecule has 1 saturated carbocycles. The largest absolute Gasteiger partial charge is 0.334 e. The van der Waals surface area contributed by atoms with E-state index in [1.54, 1.807) is 11.0 Å². The molecule has 148 valence electrons. The lowest BCUT2D eigenvalue weighted by atomic mass is 10.1. The number of carbonyl (C=O) groups excluding carboxylic acids is 1. The molecule has 4 nitrogen and oxygen atoms in total. The summed E-state index contributed by atoms with van der Waals surface area (Å²) in [6.45, 7) is 6.46. The summed E-state index contributed by atoms with van der Waals surface area (Å²) in [6, 6.07) is 7.71. The van der Waals surface area contributed by atoms with Crippen LogP contribution in [-0.4, -0.2) is 36.8 Å². The zero-order valence-electron chi connectivity index (χ0n) is 15.8. The number of benzene rings is 1. The highest BCUT2D eigenvalue weighted by molar-refractivity contribution is 7.91. The summed E-state index contributed by atoms with van der Waals surface area (Å²) >= 11 is 11.6. The highest BCUT2D eigenvalue weighted by atomic mass is 35.5. The van der Waals surface area contributed by atoms with Gasteiger partial charge in [0.15, 0.2) is 9.84 Å². The molecular weight excluding hydrogens is 405 g/mol. The first-order chi connectivity index (χ1) is 12.5. The lowest BCUT2D eigenvalue weighted by molar-refractivity contribution is -0.136. The highest BCUT2D eigenvalue weighted by Gasteiger charge is 2.62. The van der Waals surface area contributed by atoms with Crippen LogP contribution < -0.4 is 0 Å². The molecule has 1 heterocycles. The molecule has 1 aliphatic carbocycles. The average Bonchev–Trinajstić information content (AvgIpc) is 2.90. The monoisotopic (exact) mass is 429 g/mol. The number of aryl methyl sites for hydroxylation is 1. The summed E-state index contributed by atoms with van der Waals surface area (Å²) in [5.41, 5.74) is 1.90. The Balaban J connectivity index is 1.86. The van der Waals surface area contributed by atoms with Crippen molar-refractivity contribution < 1.29 is 13.2 Å². The van der Waals surface area contributed by atoms with Crippen LogP contribution in [0.4, 0.5) is 0 Å². The molecule has 0 N–H and O–H groups in total. The lowest BCUT2D eigenvalue weighted by Crippen LogP contribution is -2.42. The first-order valence-corrected chi connectivity index (χ1v) is 11.7. The predicted molar refractivity (Wildman–Crippen MR) is 109 cm³/mol. The number of carbonyl (C=O) groups is 1. The third-order valence-corrected chi connectivity index (χ3v) is 7.89. The maximum absolute atomic E-state index is 13.4. The van der Waals surface area contributed by atoms with Crippen molar-refractivity contribution >= 4 is 38.9 Å². The van der Waals surface area contributed by atoms with E-state index in [1.165, 1.54) is 0 Å². The Hall–Kier alpha value is -1.04. The summed E-state index contributed by atoms with van der Waals surface area (Å²) in [5, 5.41) is 0. The van der Waals surface area contributed by atoms with Crippen LogP contribution in [0, 0.1) is 24.2 Å². The van der Waals surface area contributed by atoms with Crippen molar-refractivity contribution in [2.24, 2.45) is 17.3 Å². The van der Waals surface area contributed by atoms with E-state index >= 15 is 0 Å². The minimum atomic E-state index is -3.09. The summed E-state index contributed by atoms with van der Waals surface area (Å²) in [4.78, 5) is 15.2. The van der Waals surface area contributed by atoms with Gasteiger partial charge in [0.1, 0.15) is 4.49 Å². The van der Waals surface area contributed by atoms with Crippen LogP contribution >= 0.6 is 23.2 Å². The molecule has 3 atom stereocenters. The van der Waals surface area contributed by atoms with Crippen LogP contribution in [-0.2, 0) is 21.2 Å². The second kappa shape index (κ2) is 7.41. The second-order valence-corrected chi connectivity index (χ2v) is 11.5. The molecule has 3 rings (SSSR count). The van der Waals surface area contributed by atoms with E-state index in [4.69, 9.17) is 23.2 Å². The molecule has 1 aromatic carbocycles. The van der Waals surface area contributed by atoms with Gasteiger partial charge >= 0.3 is 0 Å². The summed E-state index contributed by atoms with van der Waals surface area (Å²) in [7, 11) is -3.09. The fourth-order valence-corrected chi connectivity index (χ4v) is 6.08. The zero-order valence-corrected chi connectivity index (χ0v) is 18.1. The van der Waals surface area contributed by atoms with Gasteiger partial charge in [-0.1, -0.05) is 66.9 Å². The summed E-state index contributed by atoms with van der Waals surface area (Å²) in [5.74, 6) is -0.111. The number of nitrogens with zero attached hydrogens (tertiary/aromatic N) is 1. The first-order valence-electron chi connectivity index (χ1n) is 9.10. The van der Waals surface area contributed by atoms with Gasteiger partial charge in [-0.3, -0.25) is 4.79 Å². The van der Waals surface area contributed by atoms with Crippen molar-refractivity contribution in [2.45, 2.75) is 39.8 Å². The minimum Gasteiger partial charge on any atom is -0.334 e. The maximum atomic E-state index is 13.4. The molecule has 0 spiro atoms.